The number of carbonyl (C=O) groups is 3. The number of cyclic esters (lactones) is 2. The van der Waals surface area contributed by atoms with Crippen LogP contribution >= 0.6 is 0 Å². The summed E-state index contributed by atoms with van der Waals surface area (Å²) in [5.74, 6) is -4.60. The predicted molar refractivity (Wildman–Crippen MR) is 83.5 cm³/mol. The van der Waals surface area contributed by atoms with Gasteiger partial charge in [0.1, 0.15) is 0 Å². The second kappa shape index (κ2) is 6.52. The van der Waals surface area contributed by atoms with E-state index in [0.717, 1.165) is 0 Å². The summed E-state index contributed by atoms with van der Waals surface area (Å²) in [6, 6.07) is 8.86. The Balaban J connectivity index is 2.23. The lowest BCUT2D eigenvalue weighted by atomic mass is 9.76. The molecule has 2 rings (SSSR count). The molecule has 23 heavy (non-hydrogen) atoms. The summed E-state index contributed by atoms with van der Waals surface area (Å²) in [4.78, 5) is 37.1. The summed E-state index contributed by atoms with van der Waals surface area (Å²) in [6.07, 6.45) is 0.495. The fraction of sp³-hybridized carbons (Fsp3) is 0.500. The first-order chi connectivity index (χ1) is 10.8. The summed E-state index contributed by atoms with van der Waals surface area (Å²) < 4.78 is 10.4. The van der Waals surface area contributed by atoms with Gasteiger partial charge in [0.15, 0.2) is 11.7 Å². The third-order valence-corrected chi connectivity index (χ3v) is 4.21. The van der Waals surface area contributed by atoms with E-state index in [0.29, 0.717) is 12.0 Å². The van der Waals surface area contributed by atoms with Crippen molar-refractivity contribution >= 4 is 17.7 Å². The van der Waals surface area contributed by atoms with E-state index in [-0.39, 0.29) is 5.78 Å². The van der Waals surface area contributed by atoms with Crippen molar-refractivity contribution in [3.63, 3.8) is 0 Å². The van der Waals surface area contributed by atoms with Crippen LogP contribution in [-0.4, -0.2) is 23.5 Å². The van der Waals surface area contributed by atoms with Crippen molar-refractivity contribution in [1.29, 1.82) is 0 Å². The van der Waals surface area contributed by atoms with Gasteiger partial charge in [-0.2, -0.15) is 0 Å². The molecule has 1 fully saturated rings. The molecule has 1 saturated heterocycles. The zero-order valence-corrected chi connectivity index (χ0v) is 13.9. The Morgan fingerprint density at radius 1 is 1.13 bits per heavy atom. The van der Waals surface area contributed by atoms with Crippen LogP contribution in [0.3, 0.4) is 0 Å². The quantitative estimate of drug-likeness (QED) is 0.474. The SMILES string of the molecule is CCC(C(C)C(=O)c1ccccc1)C1C(=O)OC(C)(C)OC1=O. The number of Topliss-reactive ketones (excluding diaryl/α,β-unsaturated/α-hetero) is 1. The van der Waals surface area contributed by atoms with Crippen LogP contribution in [0.1, 0.15) is 44.5 Å². The van der Waals surface area contributed by atoms with Crippen LogP contribution in [-0.2, 0) is 19.1 Å². The largest absolute Gasteiger partial charge is 0.422 e. The van der Waals surface area contributed by atoms with Crippen LogP contribution in [0.4, 0.5) is 0 Å². The topological polar surface area (TPSA) is 69.7 Å². The van der Waals surface area contributed by atoms with E-state index in [4.69, 9.17) is 9.47 Å². The lowest BCUT2D eigenvalue weighted by Gasteiger charge is -2.37. The van der Waals surface area contributed by atoms with Crippen molar-refractivity contribution < 1.29 is 23.9 Å². The van der Waals surface area contributed by atoms with Gasteiger partial charge in [-0.15, -0.1) is 0 Å². The third kappa shape index (κ3) is 3.60. The van der Waals surface area contributed by atoms with Crippen molar-refractivity contribution in [2.45, 2.75) is 39.9 Å². The zero-order chi connectivity index (χ0) is 17.2. The highest BCUT2D eigenvalue weighted by Gasteiger charge is 2.48. The first-order valence-electron chi connectivity index (χ1n) is 7.81. The molecule has 1 aromatic rings. The smallest absolute Gasteiger partial charge is 0.323 e. The molecule has 5 heteroatoms. The summed E-state index contributed by atoms with van der Waals surface area (Å²) in [6.45, 7) is 6.61. The fourth-order valence-corrected chi connectivity index (χ4v) is 3.02. The highest BCUT2D eigenvalue weighted by atomic mass is 16.7. The molecule has 2 atom stereocenters. The van der Waals surface area contributed by atoms with Gasteiger partial charge in [0.25, 0.3) is 5.79 Å². The van der Waals surface area contributed by atoms with E-state index < -0.39 is 35.5 Å². The Bertz CT molecular complexity index is 585. The monoisotopic (exact) mass is 318 g/mol. The standard InChI is InChI=1S/C18H22O5/c1-5-13(11(2)15(19)12-9-7-6-8-10-12)14-16(20)22-18(3,4)23-17(14)21/h6-11,13-14H,5H2,1-4H3. The first-order valence-corrected chi connectivity index (χ1v) is 7.81. The van der Waals surface area contributed by atoms with E-state index in [1.165, 1.54) is 13.8 Å². The molecule has 0 spiro atoms. The lowest BCUT2D eigenvalue weighted by Crippen LogP contribution is -2.50. The third-order valence-electron chi connectivity index (χ3n) is 4.21. The number of hydrogen-bond donors (Lipinski definition) is 0. The van der Waals surface area contributed by atoms with E-state index >= 15 is 0 Å². The predicted octanol–water partition coefficient (Wildman–Crippen LogP) is 2.98. The van der Waals surface area contributed by atoms with Crippen LogP contribution in [0.5, 0.6) is 0 Å². The summed E-state index contributed by atoms with van der Waals surface area (Å²) in [7, 11) is 0. The van der Waals surface area contributed by atoms with Gasteiger partial charge in [0, 0.05) is 25.3 Å². The molecule has 2 unspecified atom stereocenters. The number of hydrogen-bond acceptors (Lipinski definition) is 5. The van der Waals surface area contributed by atoms with Crippen molar-refractivity contribution in [3.8, 4) is 0 Å². The molecule has 0 amide bonds. The zero-order valence-electron chi connectivity index (χ0n) is 13.9. The lowest BCUT2D eigenvalue weighted by molar-refractivity contribution is -0.243. The maximum atomic E-state index is 12.6. The molecule has 1 aliphatic heterocycles. The van der Waals surface area contributed by atoms with E-state index in [2.05, 4.69) is 0 Å². The number of benzene rings is 1. The maximum absolute atomic E-state index is 12.6. The molecular formula is C18H22O5. The molecule has 1 heterocycles. The number of carbonyl (C=O) groups excluding carboxylic acids is 3. The van der Waals surface area contributed by atoms with Crippen molar-refractivity contribution in [2.75, 3.05) is 0 Å². The molecule has 0 saturated carbocycles. The fourth-order valence-electron chi connectivity index (χ4n) is 3.02. The van der Waals surface area contributed by atoms with Gasteiger partial charge < -0.3 is 9.47 Å². The summed E-state index contributed by atoms with van der Waals surface area (Å²) in [5, 5.41) is 0. The van der Waals surface area contributed by atoms with Gasteiger partial charge in [-0.25, -0.2) is 0 Å². The molecule has 5 nitrogen and oxygen atoms in total. The second-order valence-electron chi connectivity index (χ2n) is 6.31. The first kappa shape index (κ1) is 17.2. The van der Waals surface area contributed by atoms with Crippen LogP contribution in [0.25, 0.3) is 0 Å². The Morgan fingerprint density at radius 3 is 2.13 bits per heavy atom. The van der Waals surface area contributed by atoms with E-state index in [1.807, 2.05) is 13.0 Å². The molecule has 1 aliphatic rings. The minimum Gasteiger partial charge on any atom is -0.422 e. The Kier molecular flexibility index (Phi) is 4.88. The second-order valence-corrected chi connectivity index (χ2v) is 6.31. The van der Waals surface area contributed by atoms with E-state index in [1.54, 1.807) is 31.2 Å². The molecule has 0 N–H and O–H groups in total. The van der Waals surface area contributed by atoms with Gasteiger partial charge >= 0.3 is 11.9 Å². The van der Waals surface area contributed by atoms with Gasteiger partial charge in [-0.1, -0.05) is 50.6 Å². The number of ketones is 1. The highest BCUT2D eigenvalue weighted by molar-refractivity contribution is 6.01. The minimum atomic E-state index is -1.25. The molecule has 0 aliphatic carbocycles. The molecule has 0 radical (unpaired) electrons. The summed E-state index contributed by atoms with van der Waals surface area (Å²) in [5.41, 5.74) is 0.566. The van der Waals surface area contributed by atoms with Crippen molar-refractivity contribution in [3.05, 3.63) is 35.9 Å². The summed E-state index contributed by atoms with van der Waals surface area (Å²) >= 11 is 0. The van der Waals surface area contributed by atoms with Crippen molar-refractivity contribution in [2.24, 2.45) is 17.8 Å². The van der Waals surface area contributed by atoms with Gasteiger partial charge in [-0.05, 0) is 5.92 Å². The number of esters is 2. The molecule has 0 aromatic heterocycles. The Labute approximate surface area is 136 Å². The van der Waals surface area contributed by atoms with Crippen LogP contribution in [0, 0.1) is 17.8 Å². The Hall–Kier alpha value is -2.17. The molecule has 124 valence electrons. The molecule has 1 aromatic carbocycles. The van der Waals surface area contributed by atoms with Crippen molar-refractivity contribution in [1.82, 2.24) is 0 Å². The number of rotatable bonds is 5. The normalized spacial score (nSPS) is 20.3. The molecular weight excluding hydrogens is 296 g/mol. The average Bonchev–Trinajstić information content (AvgIpc) is 2.49. The van der Waals surface area contributed by atoms with Crippen LogP contribution in [0.2, 0.25) is 0 Å². The minimum absolute atomic E-state index is 0.0946. The number of ether oxygens (including phenoxy) is 2. The van der Waals surface area contributed by atoms with Gasteiger partial charge in [-0.3, -0.25) is 14.4 Å². The van der Waals surface area contributed by atoms with Gasteiger partial charge in [0.2, 0.25) is 0 Å². The van der Waals surface area contributed by atoms with Gasteiger partial charge in [0.05, 0.1) is 0 Å². The average molecular weight is 318 g/mol. The molecule has 0 bridgehead atoms. The maximum Gasteiger partial charge on any atom is 0.323 e. The van der Waals surface area contributed by atoms with Crippen LogP contribution in [0.15, 0.2) is 30.3 Å². The highest BCUT2D eigenvalue weighted by Crippen LogP contribution is 2.34. The van der Waals surface area contributed by atoms with Crippen LogP contribution < -0.4 is 0 Å². The van der Waals surface area contributed by atoms with E-state index in [9.17, 15) is 14.4 Å². The Morgan fingerprint density at radius 2 is 1.65 bits per heavy atom.